The number of thioether (sulfide) groups is 1. The summed E-state index contributed by atoms with van der Waals surface area (Å²) < 4.78 is 12.4. The van der Waals surface area contributed by atoms with Crippen LogP contribution in [0.4, 0.5) is 0 Å². The van der Waals surface area contributed by atoms with Gasteiger partial charge in [-0.1, -0.05) is 0 Å². The van der Waals surface area contributed by atoms with Crippen LogP contribution in [0.2, 0.25) is 0 Å². The van der Waals surface area contributed by atoms with Gasteiger partial charge in [-0.25, -0.2) is 0 Å². The van der Waals surface area contributed by atoms with Crippen molar-refractivity contribution < 1.29 is 9.47 Å². The number of hydrogen-bond acceptors (Lipinski definition) is 6. The van der Waals surface area contributed by atoms with Crippen molar-refractivity contribution in [2.75, 3.05) is 34.0 Å². The van der Waals surface area contributed by atoms with Crippen LogP contribution >= 0.6 is 11.8 Å². The first-order valence-corrected chi connectivity index (χ1v) is 12.1. The maximum Gasteiger partial charge on any atom is 0.114 e. The van der Waals surface area contributed by atoms with Crippen molar-refractivity contribution in [2.24, 2.45) is 17.8 Å². The van der Waals surface area contributed by atoms with Crippen molar-refractivity contribution in [1.29, 1.82) is 0 Å². The highest BCUT2D eigenvalue weighted by Crippen LogP contribution is 2.55. The highest BCUT2D eigenvalue weighted by atomic mass is 32.2. The minimum absolute atomic E-state index is 0.229. The van der Waals surface area contributed by atoms with E-state index in [1.165, 1.54) is 44.9 Å². The summed E-state index contributed by atoms with van der Waals surface area (Å²) in [5.74, 6) is 2.19. The summed E-state index contributed by atoms with van der Waals surface area (Å²) in [6, 6.07) is 0.739. The van der Waals surface area contributed by atoms with E-state index in [1.54, 1.807) is 0 Å². The average molecular weight is 398 g/mol. The standard InChI is InChI=1S/C21H39N3O2S/c1-4-25-12-11-14-5-10-17-18(14)19-20(22-13-23-21(19)27-17)26-16-8-6-15(7-9-16)24(2)3/h14-23H,4-13H2,1-3H3. The molecule has 0 aromatic rings. The Hall–Kier alpha value is 0.150. The highest BCUT2D eigenvalue weighted by molar-refractivity contribution is 8.00. The Morgan fingerprint density at radius 1 is 1.00 bits per heavy atom. The number of ether oxygens (including phenoxy) is 2. The zero-order chi connectivity index (χ0) is 18.8. The quantitative estimate of drug-likeness (QED) is 0.644. The largest absolute Gasteiger partial charge is 0.382 e. The van der Waals surface area contributed by atoms with Gasteiger partial charge in [-0.2, -0.15) is 0 Å². The summed E-state index contributed by atoms with van der Waals surface area (Å²) in [5.41, 5.74) is 0. The molecule has 2 N–H and O–H groups in total. The Morgan fingerprint density at radius 3 is 2.56 bits per heavy atom. The third-order valence-corrected chi connectivity index (χ3v) is 9.09. The van der Waals surface area contributed by atoms with Gasteiger partial charge in [0.25, 0.3) is 0 Å². The lowest BCUT2D eigenvalue weighted by Crippen LogP contribution is -2.58. The fourth-order valence-electron chi connectivity index (χ4n) is 5.97. The van der Waals surface area contributed by atoms with Crippen molar-refractivity contribution in [1.82, 2.24) is 15.5 Å². The molecule has 156 valence electrons. The van der Waals surface area contributed by atoms with Crippen molar-refractivity contribution in [2.45, 2.75) is 80.9 Å². The third-order valence-electron chi connectivity index (χ3n) is 7.42. The Balaban J connectivity index is 1.37. The van der Waals surface area contributed by atoms with E-state index in [-0.39, 0.29) is 6.23 Å². The molecule has 27 heavy (non-hydrogen) atoms. The lowest BCUT2D eigenvalue weighted by Gasteiger charge is -2.42. The van der Waals surface area contributed by atoms with E-state index in [0.717, 1.165) is 43.0 Å². The molecule has 0 spiro atoms. The van der Waals surface area contributed by atoms with Crippen LogP contribution in [0, 0.1) is 17.8 Å². The third kappa shape index (κ3) is 4.51. The van der Waals surface area contributed by atoms with Gasteiger partial charge in [-0.15, -0.1) is 11.8 Å². The molecule has 6 heteroatoms. The smallest absolute Gasteiger partial charge is 0.114 e. The Morgan fingerprint density at radius 2 is 1.81 bits per heavy atom. The molecule has 2 aliphatic carbocycles. The normalized spacial score (nSPS) is 44.4. The molecule has 6 unspecified atom stereocenters. The van der Waals surface area contributed by atoms with E-state index in [2.05, 4.69) is 48.3 Å². The zero-order valence-electron chi connectivity index (χ0n) is 17.4. The fraction of sp³-hybridized carbons (Fsp3) is 1.00. The lowest BCUT2D eigenvalue weighted by atomic mass is 9.80. The molecule has 2 aliphatic heterocycles. The van der Waals surface area contributed by atoms with Crippen molar-refractivity contribution in [3.8, 4) is 0 Å². The van der Waals surface area contributed by atoms with E-state index < -0.39 is 0 Å². The van der Waals surface area contributed by atoms with Crippen molar-refractivity contribution in [3.05, 3.63) is 0 Å². The molecule has 4 rings (SSSR count). The summed E-state index contributed by atoms with van der Waals surface area (Å²) in [5, 5.41) is 8.79. The summed E-state index contributed by atoms with van der Waals surface area (Å²) in [6.45, 7) is 4.75. The zero-order valence-corrected chi connectivity index (χ0v) is 18.2. The predicted octanol–water partition coefficient (Wildman–Crippen LogP) is 2.86. The molecule has 2 saturated carbocycles. The molecule has 6 atom stereocenters. The van der Waals surface area contributed by atoms with Gasteiger partial charge in [-0.3, -0.25) is 10.6 Å². The molecular formula is C21H39N3O2S. The van der Waals surface area contributed by atoms with Crippen LogP contribution in [0.5, 0.6) is 0 Å². The summed E-state index contributed by atoms with van der Waals surface area (Å²) in [7, 11) is 4.42. The van der Waals surface area contributed by atoms with E-state index in [9.17, 15) is 0 Å². The Kier molecular flexibility index (Phi) is 7.04. The molecule has 4 aliphatic rings. The van der Waals surface area contributed by atoms with E-state index in [0.29, 0.717) is 17.4 Å². The maximum atomic E-state index is 6.74. The summed E-state index contributed by atoms with van der Waals surface area (Å²) >= 11 is 2.20. The predicted molar refractivity (Wildman–Crippen MR) is 112 cm³/mol. The Bertz CT molecular complexity index is 472. The van der Waals surface area contributed by atoms with Gasteiger partial charge < -0.3 is 14.4 Å². The average Bonchev–Trinajstić information content (AvgIpc) is 3.22. The molecule has 2 heterocycles. The van der Waals surface area contributed by atoms with Gasteiger partial charge in [0.05, 0.1) is 11.5 Å². The maximum absolute atomic E-state index is 6.74. The molecule has 0 radical (unpaired) electrons. The molecule has 0 aromatic heterocycles. The van der Waals surface area contributed by atoms with Crippen LogP contribution in [0.15, 0.2) is 0 Å². The molecular weight excluding hydrogens is 358 g/mol. The molecule has 0 bridgehead atoms. The summed E-state index contributed by atoms with van der Waals surface area (Å²) in [6.07, 6.45) is 9.60. The first kappa shape index (κ1) is 20.4. The van der Waals surface area contributed by atoms with Crippen LogP contribution < -0.4 is 10.6 Å². The van der Waals surface area contributed by atoms with Crippen molar-refractivity contribution in [3.63, 3.8) is 0 Å². The molecule has 2 saturated heterocycles. The van der Waals surface area contributed by atoms with E-state index >= 15 is 0 Å². The van der Waals surface area contributed by atoms with Gasteiger partial charge >= 0.3 is 0 Å². The lowest BCUT2D eigenvalue weighted by molar-refractivity contribution is -0.104. The number of hydrogen-bond donors (Lipinski definition) is 2. The number of fused-ring (bicyclic) bond motifs is 3. The van der Waals surface area contributed by atoms with Crippen LogP contribution in [-0.4, -0.2) is 67.9 Å². The first-order chi connectivity index (χ1) is 13.2. The van der Waals surface area contributed by atoms with Crippen LogP contribution in [0.1, 0.15) is 51.9 Å². The SMILES string of the molecule is CCOCCC1CCC2SC3NCNC(OC4CCC(N(C)C)CC4)C3C12. The second-order valence-corrected chi connectivity index (χ2v) is 10.5. The van der Waals surface area contributed by atoms with Crippen LogP contribution in [0.25, 0.3) is 0 Å². The number of rotatable bonds is 7. The fourth-order valence-corrected chi connectivity index (χ4v) is 7.89. The topological polar surface area (TPSA) is 45.8 Å². The minimum Gasteiger partial charge on any atom is -0.382 e. The number of nitrogens with one attached hydrogen (secondary N) is 2. The van der Waals surface area contributed by atoms with E-state index in [4.69, 9.17) is 9.47 Å². The van der Waals surface area contributed by atoms with Gasteiger partial charge in [0.15, 0.2) is 0 Å². The molecule has 0 amide bonds. The second-order valence-electron chi connectivity index (χ2n) is 9.11. The first-order valence-electron chi connectivity index (χ1n) is 11.2. The molecule has 4 fully saturated rings. The molecule has 5 nitrogen and oxygen atoms in total. The second kappa shape index (κ2) is 9.31. The van der Waals surface area contributed by atoms with Crippen molar-refractivity contribution >= 4 is 11.8 Å². The monoisotopic (exact) mass is 397 g/mol. The minimum atomic E-state index is 0.229. The Labute approximate surface area is 169 Å². The van der Waals surface area contributed by atoms with Gasteiger partial charge in [0, 0.05) is 37.1 Å². The van der Waals surface area contributed by atoms with Gasteiger partial charge in [0.1, 0.15) is 6.23 Å². The highest BCUT2D eigenvalue weighted by Gasteiger charge is 2.54. The van der Waals surface area contributed by atoms with Gasteiger partial charge in [-0.05, 0) is 77.8 Å². The molecule has 0 aromatic carbocycles. The summed E-state index contributed by atoms with van der Waals surface area (Å²) in [4.78, 5) is 2.38. The number of nitrogens with zero attached hydrogens (tertiary/aromatic N) is 1. The van der Waals surface area contributed by atoms with Crippen LogP contribution in [-0.2, 0) is 9.47 Å². The van der Waals surface area contributed by atoms with Gasteiger partial charge in [0.2, 0.25) is 0 Å². The van der Waals surface area contributed by atoms with E-state index in [1.807, 2.05) is 0 Å². The van der Waals surface area contributed by atoms with Crippen LogP contribution in [0.3, 0.4) is 0 Å².